The van der Waals surface area contributed by atoms with Crippen molar-refractivity contribution >= 4 is 17.5 Å². The highest BCUT2D eigenvalue weighted by molar-refractivity contribution is 5.99. The second kappa shape index (κ2) is 8.81. The Kier molecular flexibility index (Phi) is 6.29. The van der Waals surface area contributed by atoms with Gasteiger partial charge in [-0.25, -0.2) is 0 Å². The van der Waals surface area contributed by atoms with Crippen molar-refractivity contribution in [3.8, 4) is 0 Å². The summed E-state index contributed by atoms with van der Waals surface area (Å²) in [5, 5.41) is 0. The Morgan fingerprint density at radius 2 is 1.84 bits per heavy atom. The standard InChI is InChI=1S/C25H38N4O2/c1-5-23(30)29-14-13-26(18-25(29,3)4)16-19-9-11-28(12-10-19)21-8-7-20-17-27(6-2)24(31)22(20)15-21/h7-8,15,19H,5-6,9-14,16-18H2,1-4H3. The van der Waals surface area contributed by atoms with Crippen LogP contribution in [0.3, 0.4) is 0 Å². The SMILES string of the molecule is CCC(=O)N1CCN(CC2CCN(c3ccc4c(c3)C(=O)N(CC)C4)CC2)CC1(C)C. The van der Waals surface area contributed by atoms with Gasteiger partial charge in [-0.05, 0) is 57.2 Å². The summed E-state index contributed by atoms with van der Waals surface area (Å²) < 4.78 is 0. The summed E-state index contributed by atoms with van der Waals surface area (Å²) in [7, 11) is 0. The molecule has 0 atom stereocenters. The van der Waals surface area contributed by atoms with Gasteiger partial charge >= 0.3 is 0 Å². The van der Waals surface area contributed by atoms with Crippen LogP contribution < -0.4 is 4.90 Å². The van der Waals surface area contributed by atoms with Gasteiger partial charge in [-0.3, -0.25) is 14.5 Å². The number of fused-ring (bicyclic) bond motifs is 1. The molecule has 6 heteroatoms. The number of hydrogen-bond donors (Lipinski definition) is 0. The van der Waals surface area contributed by atoms with E-state index in [1.807, 2.05) is 18.7 Å². The molecule has 0 unspecified atom stereocenters. The van der Waals surface area contributed by atoms with E-state index in [9.17, 15) is 9.59 Å². The quantitative estimate of drug-likeness (QED) is 0.725. The zero-order valence-electron chi connectivity index (χ0n) is 19.7. The average Bonchev–Trinajstić information content (AvgIpc) is 3.08. The number of benzene rings is 1. The van der Waals surface area contributed by atoms with Gasteiger partial charge in [0.25, 0.3) is 5.91 Å². The maximum Gasteiger partial charge on any atom is 0.254 e. The number of anilines is 1. The fraction of sp³-hybridized carbons (Fsp3) is 0.680. The van der Waals surface area contributed by atoms with Crippen LogP contribution in [0.25, 0.3) is 0 Å². The van der Waals surface area contributed by atoms with Crippen LogP contribution in [0.15, 0.2) is 18.2 Å². The molecule has 1 aromatic carbocycles. The van der Waals surface area contributed by atoms with Crippen molar-refractivity contribution < 1.29 is 9.59 Å². The maximum absolute atomic E-state index is 12.6. The van der Waals surface area contributed by atoms with E-state index in [2.05, 4.69) is 46.7 Å². The molecule has 0 bridgehead atoms. The lowest BCUT2D eigenvalue weighted by Crippen LogP contribution is -2.61. The highest BCUT2D eigenvalue weighted by atomic mass is 16.2. The smallest absolute Gasteiger partial charge is 0.254 e. The lowest BCUT2D eigenvalue weighted by Gasteiger charge is -2.48. The van der Waals surface area contributed by atoms with Crippen LogP contribution in [0, 0.1) is 5.92 Å². The molecule has 0 spiro atoms. The highest BCUT2D eigenvalue weighted by Crippen LogP contribution is 2.30. The molecule has 3 aliphatic rings. The summed E-state index contributed by atoms with van der Waals surface area (Å²) in [5.74, 6) is 1.15. The van der Waals surface area contributed by atoms with Crippen molar-refractivity contribution in [1.82, 2.24) is 14.7 Å². The summed E-state index contributed by atoms with van der Waals surface area (Å²) >= 11 is 0. The fourth-order valence-electron chi connectivity index (χ4n) is 5.60. The van der Waals surface area contributed by atoms with Crippen LogP contribution in [0.5, 0.6) is 0 Å². The molecule has 0 saturated carbocycles. The van der Waals surface area contributed by atoms with Crippen molar-refractivity contribution in [2.24, 2.45) is 5.92 Å². The van der Waals surface area contributed by atoms with Crippen LogP contribution >= 0.6 is 0 Å². The highest BCUT2D eigenvalue weighted by Gasteiger charge is 2.37. The van der Waals surface area contributed by atoms with Crippen LogP contribution in [0.2, 0.25) is 0 Å². The van der Waals surface area contributed by atoms with Crippen LogP contribution in [-0.2, 0) is 11.3 Å². The van der Waals surface area contributed by atoms with E-state index in [0.29, 0.717) is 12.3 Å². The number of amides is 2. The Hall–Kier alpha value is -2.08. The van der Waals surface area contributed by atoms with Gasteiger partial charge in [0.1, 0.15) is 0 Å². The van der Waals surface area contributed by atoms with E-state index in [0.717, 1.165) is 63.5 Å². The minimum Gasteiger partial charge on any atom is -0.371 e. The van der Waals surface area contributed by atoms with Gasteiger partial charge in [0, 0.05) is 75.6 Å². The lowest BCUT2D eigenvalue weighted by atomic mass is 9.93. The topological polar surface area (TPSA) is 47.1 Å². The van der Waals surface area contributed by atoms with E-state index in [1.165, 1.54) is 18.5 Å². The molecule has 6 nitrogen and oxygen atoms in total. The Morgan fingerprint density at radius 1 is 1.10 bits per heavy atom. The van der Waals surface area contributed by atoms with E-state index in [1.54, 1.807) is 0 Å². The third-order valence-corrected chi connectivity index (χ3v) is 7.43. The summed E-state index contributed by atoms with van der Waals surface area (Å²) in [6.07, 6.45) is 2.95. The summed E-state index contributed by atoms with van der Waals surface area (Å²) in [4.78, 5) is 33.8. The molecule has 2 amide bonds. The first-order valence-corrected chi connectivity index (χ1v) is 12.0. The Balaban J connectivity index is 1.31. The minimum atomic E-state index is -0.0879. The molecular weight excluding hydrogens is 388 g/mol. The van der Waals surface area contributed by atoms with Gasteiger partial charge in [-0.1, -0.05) is 13.0 Å². The molecule has 3 aliphatic heterocycles. The molecule has 0 radical (unpaired) electrons. The largest absolute Gasteiger partial charge is 0.371 e. The summed E-state index contributed by atoms with van der Waals surface area (Å²) in [6, 6.07) is 6.45. The number of hydrogen-bond acceptors (Lipinski definition) is 4. The fourth-order valence-corrected chi connectivity index (χ4v) is 5.60. The van der Waals surface area contributed by atoms with Crippen molar-refractivity contribution in [2.45, 2.75) is 59.0 Å². The minimum absolute atomic E-state index is 0.0879. The number of nitrogens with zero attached hydrogens (tertiary/aromatic N) is 4. The lowest BCUT2D eigenvalue weighted by molar-refractivity contribution is -0.140. The third kappa shape index (κ3) is 4.45. The number of carbonyl (C=O) groups excluding carboxylic acids is 2. The molecule has 0 aromatic heterocycles. The first-order valence-electron chi connectivity index (χ1n) is 12.0. The first-order chi connectivity index (χ1) is 14.8. The van der Waals surface area contributed by atoms with Crippen molar-refractivity contribution in [2.75, 3.05) is 50.7 Å². The molecule has 0 aliphatic carbocycles. The molecule has 2 fully saturated rings. The van der Waals surface area contributed by atoms with Gasteiger partial charge in [0.2, 0.25) is 5.91 Å². The molecule has 4 rings (SSSR count). The van der Waals surface area contributed by atoms with E-state index >= 15 is 0 Å². The van der Waals surface area contributed by atoms with Crippen molar-refractivity contribution in [3.05, 3.63) is 29.3 Å². The molecule has 31 heavy (non-hydrogen) atoms. The van der Waals surface area contributed by atoms with E-state index < -0.39 is 0 Å². The second-order valence-electron chi connectivity index (χ2n) is 10.0. The van der Waals surface area contributed by atoms with Crippen LogP contribution in [0.4, 0.5) is 5.69 Å². The number of rotatable bonds is 5. The van der Waals surface area contributed by atoms with Gasteiger partial charge in [-0.15, -0.1) is 0 Å². The van der Waals surface area contributed by atoms with Crippen LogP contribution in [-0.4, -0.2) is 77.9 Å². The predicted octanol–water partition coefficient (Wildman–Crippen LogP) is 3.21. The normalized spacial score (nSPS) is 22.2. The van der Waals surface area contributed by atoms with Gasteiger partial charge in [-0.2, -0.15) is 0 Å². The maximum atomic E-state index is 12.6. The molecule has 0 N–H and O–H groups in total. The number of carbonyl (C=O) groups is 2. The molecule has 1 aromatic rings. The summed E-state index contributed by atoms with van der Waals surface area (Å²) in [5.41, 5.74) is 3.16. The molecule has 3 heterocycles. The number of piperidine rings is 1. The monoisotopic (exact) mass is 426 g/mol. The first kappa shape index (κ1) is 22.1. The molecule has 170 valence electrons. The third-order valence-electron chi connectivity index (χ3n) is 7.43. The Labute approximate surface area is 187 Å². The predicted molar refractivity (Wildman–Crippen MR) is 124 cm³/mol. The second-order valence-corrected chi connectivity index (χ2v) is 10.0. The average molecular weight is 427 g/mol. The van der Waals surface area contributed by atoms with Crippen molar-refractivity contribution in [1.29, 1.82) is 0 Å². The van der Waals surface area contributed by atoms with E-state index in [4.69, 9.17) is 0 Å². The van der Waals surface area contributed by atoms with Crippen LogP contribution in [0.1, 0.15) is 62.9 Å². The van der Waals surface area contributed by atoms with E-state index in [-0.39, 0.29) is 17.4 Å². The zero-order valence-corrected chi connectivity index (χ0v) is 19.7. The Morgan fingerprint density at radius 3 is 2.48 bits per heavy atom. The van der Waals surface area contributed by atoms with Gasteiger partial charge < -0.3 is 14.7 Å². The van der Waals surface area contributed by atoms with Gasteiger partial charge in [0.05, 0.1) is 0 Å². The van der Waals surface area contributed by atoms with Gasteiger partial charge in [0.15, 0.2) is 0 Å². The molecular formula is C25H38N4O2. The molecule has 2 saturated heterocycles. The summed E-state index contributed by atoms with van der Waals surface area (Å²) in [6.45, 7) is 15.9. The zero-order chi connectivity index (χ0) is 22.2. The van der Waals surface area contributed by atoms with Crippen molar-refractivity contribution in [3.63, 3.8) is 0 Å². The number of piperazine rings is 1. The Bertz CT molecular complexity index is 829.